The lowest BCUT2D eigenvalue weighted by atomic mass is 10.1. The summed E-state index contributed by atoms with van der Waals surface area (Å²) >= 11 is 0. The summed E-state index contributed by atoms with van der Waals surface area (Å²) in [7, 11) is 0. The van der Waals surface area contributed by atoms with E-state index in [-0.39, 0.29) is 17.0 Å². The molecule has 0 spiro atoms. The molecule has 0 bridgehead atoms. The van der Waals surface area contributed by atoms with Crippen molar-refractivity contribution in [2.24, 2.45) is 0 Å². The molecule has 1 amide bonds. The number of hydrogen-bond donors (Lipinski definition) is 2. The van der Waals surface area contributed by atoms with Gasteiger partial charge in [0.2, 0.25) is 0 Å². The second-order valence-corrected chi connectivity index (χ2v) is 6.49. The van der Waals surface area contributed by atoms with Gasteiger partial charge in [0, 0.05) is 12.1 Å². The molecule has 144 valence electrons. The van der Waals surface area contributed by atoms with E-state index in [0.29, 0.717) is 12.1 Å². The van der Waals surface area contributed by atoms with Crippen molar-refractivity contribution in [1.29, 1.82) is 0 Å². The van der Waals surface area contributed by atoms with E-state index in [1.54, 1.807) is 6.07 Å². The van der Waals surface area contributed by atoms with Crippen LogP contribution in [0, 0.1) is 11.6 Å². The van der Waals surface area contributed by atoms with Crippen LogP contribution in [0.1, 0.15) is 17.0 Å². The molecule has 6 heteroatoms. The summed E-state index contributed by atoms with van der Waals surface area (Å²) in [4.78, 5) is 20.4. The summed E-state index contributed by atoms with van der Waals surface area (Å²) in [5.41, 5.74) is 2.41. The van der Waals surface area contributed by atoms with Crippen molar-refractivity contribution < 1.29 is 13.6 Å². The standard InChI is InChI=1S/C23H17F2N3O/c24-17-10-11-19(25)16(12-17)13-18(22-27-20-8-4-5-9-21(20)28-22)23(29)26-14-15-6-2-1-3-7-15/h1-13H,14H2,(H,26,29)(H,27,28)/b18-13+. The molecule has 4 rings (SSSR count). The number of amides is 1. The van der Waals surface area contributed by atoms with Crippen molar-refractivity contribution in [3.05, 3.63) is 101 Å². The highest BCUT2D eigenvalue weighted by atomic mass is 19.1. The predicted octanol–water partition coefficient (Wildman–Crippen LogP) is 4.70. The maximum absolute atomic E-state index is 14.2. The van der Waals surface area contributed by atoms with Crippen LogP contribution in [0.2, 0.25) is 0 Å². The Morgan fingerprint density at radius 3 is 2.55 bits per heavy atom. The number of nitrogens with zero attached hydrogens (tertiary/aromatic N) is 1. The smallest absolute Gasteiger partial charge is 0.255 e. The van der Waals surface area contributed by atoms with Gasteiger partial charge in [-0.05, 0) is 42.0 Å². The van der Waals surface area contributed by atoms with Crippen LogP contribution in [0.5, 0.6) is 0 Å². The minimum absolute atomic E-state index is 0.0321. The Balaban J connectivity index is 1.72. The number of carbonyl (C=O) groups is 1. The molecule has 0 saturated carbocycles. The summed E-state index contributed by atoms with van der Waals surface area (Å²) in [5.74, 6) is -1.39. The molecule has 0 aliphatic heterocycles. The average molecular weight is 389 g/mol. The number of hydrogen-bond acceptors (Lipinski definition) is 2. The van der Waals surface area contributed by atoms with Crippen molar-refractivity contribution in [2.75, 3.05) is 0 Å². The molecule has 29 heavy (non-hydrogen) atoms. The molecule has 4 aromatic rings. The lowest BCUT2D eigenvalue weighted by Gasteiger charge is -2.08. The monoisotopic (exact) mass is 389 g/mol. The number of halogens is 2. The van der Waals surface area contributed by atoms with E-state index in [0.717, 1.165) is 29.3 Å². The van der Waals surface area contributed by atoms with Crippen molar-refractivity contribution in [3.63, 3.8) is 0 Å². The van der Waals surface area contributed by atoms with Crippen LogP contribution in [0.15, 0.2) is 72.8 Å². The molecule has 2 N–H and O–H groups in total. The summed E-state index contributed by atoms with van der Waals surface area (Å²) in [5, 5.41) is 2.81. The molecule has 0 aliphatic rings. The Kier molecular flexibility index (Phi) is 5.16. The van der Waals surface area contributed by atoms with Gasteiger partial charge in [0.05, 0.1) is 16.6 Å². The third-order valence-electron chi connectivity index (χ3n) is 4.44. The summed E-state index contributed by atoms with van der Waals surface area (Å²) < 4.78 is 27.8. The Morgan fingerprint density at radius 1 is 1.00 bits per heavy atom. The first-order valence-corrected chi connectivity index (χ1v) is 9.04. The minimum Gasteiger partial charge on any atom is -0.348 e. The fourth-order valence-electron chi connectivity index (χ4n) is 2.98. The molecule has 3 aromatic carbocycles. The zero-order valence-corrected chi connectivity index (χ0v) is 15.3. The van der Waals surface area contributed by atoms with Crippen LogP contribution in [-0.2, 0) is 11.3 Å². The fourth-order valence-corrected chi connectivity index (χ4v) is 2.98. The number of imidazole rings is 1. The molecule has 1 heterocycles. The summed E-state index contributed by atoms with van der Waals surface area (Å²) in [6.07, 6.45) is 1.30. The Hall–Kier alpha value is -3.80. The first kappa shape index (κ1) is 18.6. The molecular weight excluding hydrogens is 372 g/mol. The van der Waals surface area contributed by atoms with Gasteiger partial charge < -0.3 is 10.3 Å². The quantitative estimate of drug-likeness (QED) is 0.486. The highest BCUT2D eigenvalue weighted by Gasteiger charge is 2.17. The van der Waals surface area contributed by atoms with Crippen molar-refractivity contribution in [2.45, 2.75) is 6.54 Å². The van der Waals surface area contributed by atoms with E-state index >= 15 is 0 Å². The molecule has 4 nitrogen and oxygen atoms in total. The summed E-state index contributed by atoms with van der Waals surface area (Å²) in [6.45, 7) is 0.295. The highest BCUT2D eigenvalue weighted by Crippen LogP contribution is 2.22. The van der Waals surface area contributed by atoms with Crippen LogP contribution < -0.4 is 5.32 Å². The van der Waals surface area contributed by atoms with E-state index in [4.69, 9.17) is 0 Å². The third-order valence-corrected chi connectivity index (χ3v) is 4.44. The van der Waals surface area contributed by atoms with Gasteiger partial charge in [-0.3, -0.25) is 4.79 Å². The topological polar surface area (TPSA) is 57.8 Å². The van der Waals surface area contributed by atoms with Crippen molar-refractivity contribution in [1.82, 2.24) is 15.3 Å². The van der Waals surface area contributed by atoms with E-state index in [2.05, 4.69) is 15.3 Å². The predicted molar refractivity (Wildman–Crippen MR) is 109 cm³/mol. The normalized spacial score (nSPS) is 11.6. The zero-order valence-electron chi connectivity index (χ0n) is 15.3. The number of fused-ring (bicyclic) bond motifs is 1. The molecular formula is C23H17F2N3O. The van der Waals surface area contributed by atoms with Crippen LogP contribution in [0.4, 0.5) is 8.78 Å². The number of H-pyrrole nitrogens is 1. The second kappa shape index (κ2) is 8.06. The zero-order chi connectivity index (χ0) is 20.2. The third kappa shape index (κ3) is 4.21. The molecule has 0 saturated heterocycles. The largest absolute Gasteiger partial charge is 0.348 e. The van der Waals surface area contributed by atoms with Gasteiger partial charge in [-0.25, -0.2) is 13.8 Å². The maximum Gasteiger partial charge on any atom is 0.255 e. The summed E-state index contributed by atoms with van der Waals surface area (Å²) in [6, 6.07) is 19.8. The van der Waals surface area contributed by atoms with Crippen LogP contribution in [0.25, 0.3) is 22.7 Å². The second-order valence-electron chi connectivity index (χ2n) is 6.49. The first-order chi connectivity index (χ1) is 14.1. The van der Waals surface area contributed by atoms with Gasteiger partial charge in [0.1, 0.15) is 17.5 Å². The number of aromatic amines is 1. The number of benzene rings is 3. The van der Waals surface area contributed by atoms with Crippen LogP contribution in [0.3, 0.4) is 0 Å². The van der Waals surface area contributed by atoms with Crippen molar-refractivity contribution in [3.8, 4) is 0 Å². The van der Waals surface area contributed by atoms with Crippen molar-refractivity contribution >= 4 is 28.6 Å². The first-order valence-electron chi connectivity index (χ1n) is 9.04. The molecule has 0 radical (unpaired) electrons. The molecule has 0 aliphatic carbocycles. The Labute approximate surface area is 165 Å². The van der Waals surface area contributed by atoms with Gasteiger partial charge in [0.25, 0.3) is 5.91 Å². The average Bonchev–Trinajstić information content (AvgIpc) is 3.17. The van der Waals surface area contributed by atoms with E-state index in [9.17, 15) is 13.6 Å². The van der Waals surface area contributed by atoms with Gasteiger partial charge in [-0.1, -0.05) is 42.5 Å². The SMILES string of the molecule is O=C(NCc1ccccc1)/C(=C/c1cc(F)ccc1F)c1nc2ccccc2[nH]1. The van der Waals surface area contributed by atoms with Gasteiger partial charge in [0.15, 0.2) is 0 Å². The van der Waals surface area contributed by atoms with Gasteiger partial charge in [-0.15, -0.1) is 0 Å². The van der Waals surface area contributed by atoms with Crippen LogP contribution >= 0.6 is 0 Å². The van der Waals surface area contributed by atoms with E-state index in [1.807, 2.05) is 48.5 Å². The van der Waals surface area contributed by atoms with E-state index < -0.39 is 17.5 Å². The maximum atomic E-state index is 14.2. The lowest BCUT2D eigenvalue weighted by Crippen LogP contribution is -2.24. The fraction of sp³-hybridized carbons (Fsp3) is 0.0435. The number of para-hydroxylation sites is 2. The minimum atomic E-state index is -0.629. The molecule has 1 aromatic heterocycles. The van der Waals surface area contributed by atoms with Gasteiger partial charge >= 0.3 is 0 Å². The molecule has 0 fully saturated rings. The highest BCUT2D eigenvalue weighted by molar-refractivity contribution is 6.23. The number of aromatic nitrogens is 2. The lowest BCUT2D eigenvalue weighted by molar-refractivity contribution is -0.115. The Bertz CT molecular complexity index is 1170. The van der Waals surface area contributed by atoms with E-state index in [1.165, 1.54) is 6.08 Å². The van der Waals surface area contributed by atoms with Crippen LogP contribution in [-0.4, -0.2) is 15.9 Å². The number of nitrogens with one attached hydrogen (secondary N) is 2. The molecule has 0 atom stereocenters. The number of rotatable bonds is 5. The van der Waals surface area contributed by atoms with Gasteiger partial charge in [-0.2, -0.15) is 0 Å². The Morgan fingerprint density at radius 2 is 1.76 bits per heavy atom. The number of carbonyl (C=O) groups excluding carboxylic acids is 1. The molecule has 0 unspecified atom stereocenters.